The van der Waals surface area contributed by atoms with Crippen molar-refractivity contribution in [3.05, 3.63) is 75.5 Å². The zero-order chi connectivity index (χ0) is 21.7. The van der Waals surface area contributed by atoms with Gasteiger partial charge in [-0.25, -0.2) is 0 Å². The SMILES string of the molecule is CC(C)(C)c1ccc(-c2cc3ccnc(-c4cc(I)cc(C(F)(F)F)c4)c3o2)cc1. The van der Waals surface area contributed by atoms with Gasteiger partial charge in [0.1, 0.15) is 11.5 Å². The van der Waals surface area contributed by atoms with Crippen molar-refractivity contribution in [3.63, 3.8) is 0 Å². The Kier molecular flexibility index (Phi) is 5.16. The predicted octanol–water partition coefficient (Wildman–Crippen LogP) is 8.08. The Labute approximate surface area is 186 Å². The third kappa shape index (κ3) is 4.10. The van der Waals surface area contributed by atoms with E-state index in [2.05, 4.69) is 37.9 Å². The molecule has 0 aliphatic heterocycles. The summed E-state index contributed by atoms with van der Waals surface area (Å²) in [7, 11) is 0. The fourth-order valence-corrected chi connectivity index (χ4v) is 4.01. The highest BCUT2D eigenvalue weighted by Gasteiger charge is 2.31. The van der Waals surface area contributed by atoms with Crippen molar-refractivity contribution in [3.8, 4) is 22.6 Å². The molecular weight excluding hydrogens is 502 g/mol. The molecule has 0 amide bonds. The number of alkyl halides is 3. The van der Waals surface area contributed by atoms with Crippen molar-refractivity contribution in [2.24, 2.45) is 0 Å². The molecule has 0 bridgehead atoms. The predicted molar refractivity (Wildman–Crippen MR) is 121 cm³/mol. The van der Waals surface area contributed by atoms with E-state index in [1.807, 2.05) is 40.8 Å². The maximum Gasteiger partial charge on any atom is 0.416 e. The van der Waals surface area contributed by atoms with Crippen molar-refractivity contribution < 1.29 is 17.6 Å². The monoisotopic (exact) mass is 521 g/mol. The summed E-state index contributed by atoms with van der Waals surface area (Å²) < 4.78 is 46.4. The number of furan rings is 1. The van der Waals surface area contributed by atoms with Gasteiger partial charge in [-0.05, 0) is 63.9 Å². The molecule has 30 heavy (non-hydrogen) atoms. The van der Waals surface area contributed by atoms with E-state index in [1.54, 1.807) is 18.3 Å². The van der Waals surface area contributed by atoms with Crippen LogP contribution in [-0.2, 0) is 11.6 Å². The van der Waals surface area contributed by atoms with Crippen molar-refractivity contribution in [1.29, 1.82) is 0 Å². The van der Waals surface area contributed by atoms with Gasteiger partial charge >= 0.3 is 6.18 Å². The summed E-state index contributed by atoms with van der Waals surface area (Å²) in [6.07, 6.45) is -2.83. The lowest BCUT2D eigenvalue weighted by atomic mass is 9.86. The molecule has 0 N–H and O–H groups in total. The second-order valence-electron chi connectivity index (χ2n) is 8.24. The molecule has 2 aromatic carbocycles. The van der Waals surface area contributed by atoms with Gasteiger partial charge in [0.25, 0.3) is 0 Å². The first-order valence-corrected chi connectivity index (χ1v) is 10.5. The highest BCUT2D eigenvalue weighted by Crippen LogP contribution is 2.37. The number of hydrogen-bond donors (Lipinski definition) is 0. The lowest BCUT2D eigenvalue weighted by molar-refractivity contribution is -0.137. The van der Waals surface area contributed by atoms with E-state index in [4.69, 9.17) is 4.42 Å². The van der Waals surface area contributed by atoms with E-state index in [-0.39, 0.29) is 5.41 Å². The molecule has 0 fully saturated rings. The van der Waals surface area contributed by atoms with Gasteiger partial charge in [0, 0.05) is 26.3 Å². The van der Waals surface area contributed by atoms with Crippen molar-refractivity contribution in [2.45, 2.75) is 32.4 Å². The van der Waals surface area contributed by atoms with Crippen LogP contribution in [0.15, 0.2) is 65.2 Å². The van der Waals surface area contributed by atoms with Crippen molar-refractivity contribution in [1.82, 2.24) is 4.98 Å². The molecule has 0 radical (unpaired) electrons. The van der Waals surface area contributed by atoms with E-state index in [1.165, 1.54) is 5.56 Å². The summed E-state index contributed by atoms with van der Waals surface area (Å²) >= 11 is 1.89. The molecule has 4 aromatic rings. The summed E-state index contributed by atoms with van der Waals surface area (Å²) in [6, 6.07) is 15.7. The third-order valence-electron chi connectivity index (χ3n) is 4.97. The van der Waals surface area contributed by atoms with Crippen LogP contribution in [0.5, 0.6) is 0 Å². The molecule has 0 unspecified atom stereocenters. The second-order valence-corrected chi connectivity index (χ2v) is 9.49. The highest BCUT2D eigenvalue weighted by molar-refractivity contribution is 14.1. The van der Waals surface area contributed by atoms with Gasteiger partial charge in [-0.15, -0.1) is 0 Å². The first kappa shape index (κ1) is 20.9. The number of fused-ring (bicyclic) bond motifs is 1. The average Bonchev–Trinajstić information content (AvgIpc) is 3.10. The van der Waals surface area contributed by atoms with Crippen LogP contribution in [-0.4, -0.2) is 4.98 Å². The topological polar surface area (TPSA) is 26.0 Å². The third-order valence-corrected chi connectivity index (χ3v) is 5.59. The largest absolute Gasteiger partial charge is 0.454 e. The van der Waals surface area contributed by atoms with Gasteiger partial charge in [0.15, 0.2) is 5.58 Å². The van der Waals surface area contributed by atoms with Crippen LogP contribution in [0.2, 0.25) is 0 Å². The van der Waals surface area contributed by atoms with Gasteiger partial charge in [0.05, 0.1) is 5.56 Å². The number of aromatic nitrogens is 1. The summed E-state index contributed by atoms with van der Waals surface area (Å²) in [5.41, 5.74) is 2.71. The smallest absolute Gasteiger partial charge is 0.416 e. The maximum absolute atomic E-state index is 13.3. The molecule has 2 nitrogen and oxygen atoms in total. The molecule has 2 heterocycles. The minimum atomic E-state index is -4.42. The fraction of sp³-hybridized carbons (Fsp3) is 0.208. The Morgan fingerprint density at radius 3 is 2.17 bits per heavy atom. The quantitative estimate of drug-likeness (QED) is 0.249. The molecular formula is C24H19F3INO. The van der Waals surface area contributed by atoms with Crippen LogP contribution in [0.25, 0.3) is 33.6 Å². The Morgan fingerprint density at radius 2 is 1.53 bits per heavy atom. The standard InChI is InChI=1S/C24H19F3INO/c1-23(2,3)17-6-4-14(5-7-17)20-12-15-8-9-29-21(22(15)30-20)16-10-18(24(25,26)27)13-19(28)11-16/h4-13H,1-3H3. The normalized spacial score (nSPS) is 12.5. The Bertz CT molecular complexity index is 1220. The first-order valence-electron chi connectivity index (χ1n) is 9.40. The van der Waals surface area contributed by atoms with Crippen LogP contribution < -0.4 is 0 Å². The summed E-state index contributed by atoms with van der Waals surface area (Å²) in [4.78, 5) is 4.33. The van der Waals surface area contributed by atoms with Crippen molar-refractivity contribution in [2.75, 3.05) is 0 Å². The fourth-order valence-electron chi connectivity index (χ4n) is 3.34. The van der Waals surface area contributed by atoms with E-state index in [0.29, 0.717) is 26.2 Å². The molecule has 2 aromatic heterocycles. The number of nitrogens with zero attached hydrogens (tertiary/aromatic N) is 1. The molecule has 0 aliphatic carbocycles. The van der Waals surface area contributed by atoms with Crippen molar-refractivity contribution >= 4 is 33.6 Å². The number of benzene rings is 2. The summed E-state index contributed by atoms with van der Waals surface area (Å²) in [5.74, 6) is 0.654. The molecule has 0 saturated heterocycles. The Morgan fingerprint density at radius 1 is 0.833 bits per heavy atom. The molecule has 154 valence electrons. The number of hydrogen-bond acceptors (Lipinski definition) is 2. The van der Waals surface area contributed by atoms with Gasteiger partial charge < -0.3 is 4.42 Å². The lowest BCUT2D eigenvalue weighted by Crippen LogP contribution is -2.10. The van der Waals surface area contributed by atoms with Crippen LogP contribution in [0, 0.1) is 3.57 Å². The first-order chi connectivity index (χ1) is 14.0. The molecule has 0 atom stereocenters. The Balaban J connectivity index is 1.82. The number of halogens is 4. The average molecular weight is 521 g/mol. The zero-order valence-corrected chi connectivity index (χ0v) is 18.8. The van der Waals surface area contributed by atoms with E-state index >= 15 is 0 Å². The van der Waals surface area contributed by atoms with Crippen LogP contribution in [0.3, 0.4) is 0 Å². The summed E-state index contributed by atoms with van der Waals surface area (Å²) in [5, 5.41) is 0.794. The van der Waals surface area contributed by atoms with E-state index < -0.39 is 11.7 Å². The van der Waals surface area contributed by atoms with Crippen LogP contribution in [0.4, 0.5) is 13.2 Å². The van der Waals surface area contributed by atoms with E-state index in [9.17, 15) is 13.2 Å². The number of rotatable bonds is 2. The second kappa shape index (κ2) is 7.41. The van der Waals surface area contributed by atoms with Crippen LogP contribution in [0.1, 0.15) is 31.9 Å². The minimum Gasteiger partial charge on any atom is -0.454 e. The lowest BCUT2D eigenvalue weighted by Gasteiger charge is -2.18. The Hall–Kier alpha value is -2.35. The highest BCUT2D eigenvalue weighted by atomic mass is 127. The summed E-state index contributed by atoms with van der Waals surface area (Å²) in [6.45, 7) is 6.45. The molecule has 4 rings (SSSR count). The van der Waals surface area contributed by atoms with E-state index in [0.717, 1.165) is 23.1 Å². The van der Waals surface area contributed by atoms with Gasteiger partial charge in [-0.3, -0.25) is 4.98 Å². The van der Waals surface area contributed by atoms with Crippen LogP contribution >= 0.6 is 22.6 Å². The number of pyridine rings is 1. The molecule has 6 heteroatoms. The molecule has 0 aliphatic rings. The minimum absolute atomic E-state index is 0.0458. The van der Waals surface area contributed by atoms with Gasteiger partial charge in [-0.2, -0.15) is 13.2 Å². The molecule has 0 spiro atoms. The zero-order valence-electron chi connectivity index (χ0n) is 16.6. The maximum atomic E-state index is 13.3. The van der Waals surface area contributed by atoms with Gasteiger partial charge in [-0.1, -0.05) is 45.0 Å². The molecule has 0 saturated carbocycles. The van der Waals surface area contributed by atoms with Gasteiger partial charge in [0.2, 0.25) is 0 Å².